The van der Waals surface area contributed by atoms with Crippen molar-refractivity contribution in [1.29, 1.82) is 0 Å². The van der Waals surface area contributed by atoms with E-state index in [4.69, 9.17) is 0 Å². The Morgan fingerprint density at radius 3 is 2.20 bits per heavy atom. The molecule has 0 radical (unpaired) electrons. The molecule has 1 amide bonds. The normalized spacial score (nSPS) is 15.9. The average molecular weight is 493 g/mol. The summed E-state index contributed by atoms with van der Waals surface area (Å²) in [4.78, 5) is 18.0. The van der Waals surface area contributed by atoms with Crippen molar-refractivity contribution in [1.82, 2.24) is 15.1 Å². The first-order chi connectivity index (χ1) is 16.8. The van der Waals surface area contributed by atoms with E-state index in [2.05, 4.69) is 22.2 Å². The van der Waals surface area contributed by atoms with Gasteiger partial charge in [-0.1, -0.05) is 54.6 Å². The smallest absolute Gasteiger partial charge is 0.264 e. The van der Waals surface area contributed by atoms with E-state index in [1.165, 1.54) is 23.5 Å². The van der Waals surface area contributed by atoms with Crippen LogP contribution >= 0.6 is 0 Å². The summed E-state index contributed by atoms with van der Waals surface area (Å²) < 4.78 is 27.7. The van der Waals surface area contributed by atoms with Crippen LogP contribution < -0.4 is 9.62 Å². The molecular weight excluding hydrogens is 460 g/mol. The van der Waals surface area contributed by atoms with Gasteiger partial charge in [0.15, 0.2) is 0 Å². The maximum atomic E-state index is 13.3. The number of hydrogen-bond donors (Lipinski definition) is 1. The van der Waals surface area contributed by atoms with Crippen molar-refractivity contribution >= 4 is 21.6 Å². The van der Waals surface area contributed by atoms with Gasteiger partial charge in [0.2, 0.25) is 0 Å². The average Bonchev–Trinajstić information content (AvgIpc) is 2.90. The zero-order valence-corrected chi connectivity index (χ0v) is 21.0. The fourth-order valence-corrected chi connectivity index (χ4v) is 5.42. The van der Waals surface area contributed by atoms with Crippen molar-refractivity contribution in [2.24, 2.45) is 0 Å². The quantitative estimate of drug-likeness (QED) is 0.523. The number of sulfonamides is 1. The second-order valence-electron chi connectivity index (χ2n) is 8.88. The lowest BCUT2D eigenvalue weighted by atomic mass is 10.0. The standard InChI is InChI=1S/C27H32N4O3S/c1-29-16-18-31(19-17-29)21-26(22-10-5-3-6-11-22)28-27(32)23-12-9-15-25(20-23)35(33,34)30(2)24-13-7-4-8-14-24/h3-15,20,26H,16-19,21H2,1-2H3,(H,28,32). The lowest BCUT2D eigenvalue weighted by Crippen LogP contribution is -2.47. The monoisotopic (exact) mass is 492 g/mol. The van der Waals surface area contributed by atoms with Gasteiger partial charge in [0.05, 0.1) is 16.6 Å². The number of nitrogens with one attached hydrogen (secondary N) is 1. The molecule has 8 heteroatoms. The summed E-state index contributed by atoms with van der Waals surface area (Å²) >= 11 is 0. The van der Waals surface area contributed by atoms with Crippen molar-refractivity contribution < 1.29 is 13.2 Å². The van der Waals surface area contributed by atoms with Crippen LogP contribution in [0.15, 0.2) is 89.8 Å². The first kappa shape index (κ1) is 24.9. The van der Waals surface area contributed by atoms with Crippen LogP contribution in [-0.4, -0.2) is 70.9 Å². The van der Waals surface area contributed by atoms with Gasteiger partial charge in [-0.2, -0.15) is 0 Å². The van der Waals surface area contributed by atoms with E-state index in [9.17, 15) is 13.2 Å². The van der Waals surface area contributed by atoms with Crippen molar-refractivity contribution in [2.75, 3.05) is 51.1 Å². The number of nitrogens with zero attached hydrogens (tertiary/aromatic N) is 3. The molecule has 1 N–H and O–H groups in total. The summed E-state index contributed by atoms with van der Waals surface area (Å²) in [5, 5.41) is 3.15. The summed E-state index contributed by atoms with van der Waals surface area (Å²) in [5.74, 6) is -0.299. The van der Waals surface area contributed by atoms with Gasteiger partial charge in [-0.25, -0.2) is 8.42 Å². The van der Waals surface area contributed by atoms with Gasteiger partial charge >= 0.3 is 0 Å². The third-order valence-corrected chi connectivity index (χ3v) is 8.20. The third kappa shape index (κ3) is 6.08. The summed E-state index contributed by atoms with van der Waals surface area (Å²) in [7, 11) is -0.188. The van der Waals surface area contributed by atoms with E-state index in [1.54, 1.807) is 36.4 Å². The van der Waals surface area contributed by atoms with Crippen LogP contribution in [0.1, 0.15) is 22.0 Å². The summed E-state index contributed by atoms with van der Waals surface area (Å²) in [6.45, 7) is 4.55. The van der Waals surface area contributed by atoms with Gasteiger partial charge < -0.3 is 10.2 Å². The molecule has 0 aliphatic carbocycles. The predicted molar refractivity (Wildman–Crippen MR) is 139 cm³/mol. The second kappa shape index (κ2) is 11.0. The van der Waals surface area contributed by atoms with E-state index < -0.39 is 10.0 Å². The van der Waals surface area contributed by atoms with Crippen molar-refractivity contribution in [3.05, 3.63) is 96.1 Å². The Balaban J connectivity index is 1.54. The SMILES string of the molecule is CN1CCN(CC(NC(=O)c2cccc(S(=O)(=O)N(C)c3ccccc3)c2)c2ccccc2)CC1. The third-order valence-electron chi connectivity index (χ3n) is 6.42. The number of carbonyl (C=O) groups excluding carboxylic acids is 1. The van der Waals surface area contributed by atoms with E-state index >= 15 is 0 Å². The molecule has 1 fully saturated rings. The van der Waals surface area contributed by atoms with Crippen molar-refractivity contribution in [3.63, 3.8) is 0 Å². The number of para-hydroxylation sites is 1. The minimum atomic E-state index is -3.82. The maximum Gasteiger partial charge on any atom is 0.264 e. The Kier molecular flexibility index (Phi) is 7.85. The maximum absolute atomic E-state index is 13.3. The number of carbonyl (C=O) groups is 1. The molecule has 35 heavy (non-hydrogen) atoms. The topological polar surface area (TPSA) is 73.0 Å². The molecule has 0 bridgehead atoms. The molecule has 0 spiro atoms. The number of hydrogen-bond acceptors (Lipinski definition) is 5. The highest BCUT2D eigenvalue weighted by Crippen LogP contribution is 2.23. The van der Waals surface area contributed by atoms with Crippen LogP contribution in [0.4, 0.5) is 5.69 Å². The molecule has 3 aromatic carbocycles. The summed E-state index contributed by atoms with van der Waals surface area (Å²) in [6.07, 6.45) is 0. The Hall–Kier alpha value is -3.20. The predicted octanol–water partition coefficient (Wildman–Crippen LogP) is 3.23. The Morgan fingerprint density at radius 2 is 1.54 bits per heavy atom. The van der Waals surface area contributed by atoms with E-state index in [1.807, 2.05) is 36.4 Å². The molecule has 3 aromatic rings. The highest BCUT2D eigenvalue weighted by Gasteiger charge is 2.24. The molecule has 1 atom stereocenters. The number of benzene rings is 3. The number of amides is 1. The van der Waals surface area contributed by atoms with Crippen LogP contribution in [0.3, 0.4) is 0 Å². The molecule has 1 unspecified atom stereocenters. The lowest BCUT2D eigenvalue weighted by molar-refractivity contribution is 0.0907. The van der Waals surface area contributed by atoms with Crippen LogP contribution in [0.25, 0.3) is 0 Å². The second-order valence-corrected chi connectivity index (χ2v) is 10.8. The number of rotatable bonds is 8. The fourth-order valence-electron chi connectivity index (χ4n) is 4.18. The van der Waals surface area contributed by atoms with Crippen LogP contribution in [-0.2, 0) is 10.0 Å². The lowest BCUT2D eigenvalue weighted by Gasteiger charge is -2.35. The highest BCUT2D eigenvalue weighted by atomic mass is 32.2. The van der Waals surface area contributed by atoms with Gasteiger partial charge in [-0.15, -0.1) is 0 Å². The minimum absolute atomic E-state index is 0.0758. The van der Waals surface area contributed by atoms with E-state index in [0.717, 1.165) is 31.7 Å². The van der Waals surface area contributed by atoms with Crippen LogP contribution in [0, 0.1) is 0 Å². The largest absolute Gasteiger partial charge is 0.344 e. The Morgan fingerprint density at radius 1 is 0.914 bits per heavy atom. The molecule has 1 aliphatic rings. The van der Waals surface area contributed by atoms with Gasteiger partial charge in [0, 0.05) is 45.3 Å². The number of piperazine rings is 1. The summed E-state index contributed by atoms with van der Waals surface area (Å²) in [6, 6.07) is 24.8. The fraction of sp³-hybridized carbons (Fsp3) is 0.296. The minimum Gasteiger partial charge on any atom is -0.344 e. The van der Waals surface area contributed by atoms with Crippen molar-refractivity contribution in [3.8, 4) is 0 Å². The van der Waals surface area contributed by atoms with E-state index in [0.29, 0.717) is 17.8 Å². The van der Waals surface area contributed by atoms with Gasteiger partial charge in [-0.3, -0.25) is 14.0 Å². The van der Waals surface area contributed by atoms with Gasteiger partial charge in [-0.05, 0) is 42.9 Å². The molecule has 0 aromatic heterocycles. The van der Waals surface area contributed by atoms with E-state index in [-0.39, 0.29) is 16.8 Å². The summed E-state index contributed by atoms with van der Waals surface area (Å²) in [5.41, 5.74) is 1.89. The molecule has 1 heterocycles. The molecular formula is C27H32N4O3S. The Labute approximate surface area is 208 Å². The van der Waals surface area contributed by atoms with Crippen LogP contribution in [0.5, 0.6) is 0 Å². The van der Waals surface area contributed by atoms with Gasteiger partial charge in [0.1, 0.15) is 0 Å². The number of anilines is 1. The zero-order chi connectivity index (χ0) is 24.8. The Bertz CT molecular complexity index is 1230. The molecule has 1 aliphatic heterocycles. The highest BCUT2D eigenvalue weighted by molar-refractivity contribution is 7.92. The molecule has 4 rings (SSSR count). The number of likely N-dealkylation sites (N-methyl/N-ethyl adjacent to an activating group) is 1. The zero-order valence-electron chi connectivity index (χ0n) is 20.2. The van der Waals surface area contributed by atoms with Gasteiger partial charge in [0.25, 0.3) is 15.9 Å². The molecule has 7 nitrogen and oxygen atoms in total. The van der Waals surface area contributed by atoms with Crippen molar-refractivity contribution in [2.45, 2.75) is 10.9 Å². The molecule has 0 saturated carbocycles. The molecule has 1 saturated heterocycles. The van der Waals surface area contributed by atoms with Crippen LogP contribution in [0.2, 0.25) is 0 Å². The first-order valence-electron chi connectivity index (χ1n) is 11.8. The molecule has 184 valence electrons. The first-order valence-corrected chi connectivity index (χ1v) is 13.2.